The van der Waals surface area contributed by atoms with Gasteiger partial charge in [-0.1, -0.05) is 23.7 Å². The maximum Gasteiger partial charge on any atom is 0.249 e. The number of carbonyl (C=O) groups excluding carboxylic acids is 2. The van der Waals surface area contributed by atoms with Gasteiger partial charge in [0.25, 0.3) is 0 Å². The first-order valence-corrected chi connectivity index (χ1v) is 9.97. The molecular weight excluding hydrogens is 420 g/mol. The minimum absolute atomic E-state index is 0.0256. The molecule has 1 aliphatic rings. The van der Waals surface area contributed by atoms with Crippen LogP contribution in [0.5, 0.6) is 11.5 Å². The molecule has 1 aliphatic heterocycles. The van der Waals surface area contributed by atoms with Gasteiger partial charge in [-0.3, -0.25) is 9.59 Å². The van der Waals surface area contributed by atoms with Crippen LogP contribution in [-0.4, -0.2) is 35.8 Å². The smallest absolute Gasteiger partial charge is 0.249 e. The van der Waals surface area contributed by atoms with Crippen LogP contribution in [0.1, 0.15) is 18.0 Å². The topological polar surface area (TPSA) is 94.5 Å². The number of halogens is 1. The number of benzene rings is 2. The van der Waals surface area contributed by atoms with Crippen LogP contribution in [-0.2, 0) is 9.59 Å². The predicted molar refractivity (Wildman–Crippen MR) is 118 cm³/mol. The first-order chi connectivity index (χ1) is 14.9. The lowest BCUT2D eigenvalue weighted by Crippen LogP contribution is -2.35. The van der Waals surface area contributed by atoms with E-state index in [1.807, 2.05) is 19.1 Å². The Morgan fingerprint density at radius 2 is 1.97 bits per heavy atom. The van der Waals surface area contributed by atoms with Gasteiger partial charge in [0.2, 0.25) is 11.8 Å². The first kappa shape index (κ1) is 20.7. The summed E-state index contributed by atoms with van der Waals surface area (Å²) in [6, 6.07) is 11.5. The highest BCUT2D eigenvalue weighted by atomic mass is 35.5. The zero-order valence-corrected chi connectivity index (χ0v) is 18.0. The van der Waals surface area contributed by atoms with Gasteiger partial charge in [-0.05, 0) is 31.2 Å². The third-order valence-corrected chi connectivity index (χ3v) is 5.37. The minimum atomic E-state index is -0.802. The fraction of sp³-hybridized carbons (Fsp3) is 0.227. The second kappa shape index (κ2) is 8.31. The largest absolute Gasteiger partial charge is 0.493 e. The quantitative estimate of drug-likeness (QED) is 0.624. The van der Waals surface area contributed by atoms with Crippen molar-refractivity contribution in [2.45, 2.75) is 19.4 Å². The highest BCUT2D eigenvalue weighted by molar-refractivity contribution is 6.30. The Bertz CT molecular complexity index is 1170. The maximum absolute atomic E-state index is 13.1. The Hall–Kier alpha value is -3.52. The molecule has 0 fully saturated rings. The van der Waals surface area contributed by atoms with Gasteiger partial charge < -0.3 is 20.1 Å². The molecule has 160 valence electrons. The summed E-state index contributed by atoms with van der Waals surface area (Å²) in [6.45, 7) is 1.85. The summed E-state index contributed by atoms with van der Waals surface area (Å²) < 4.78 is 12.1. The minimum Gasteiger partial charge on any atom is -0.493 e. The highest BCUT2D eigenvalue weighted by Crippen LogP contribution is 2.36. The normalized spacial score (nSPS) is 15.1. The number of fused-ring (bicyclic) bond motifs is 1. The van der Waals surface area contributed by atoms with E-state index in [9.17, 15) is 9.59 Å². The molecule has 1 aromatic heterocycles. The van der Waals surface area contributed by atoms with E-state index in [1.54, 1.807) is 35.0 Å². The molecule has 2 N–H and O–H groups in total. The van der Waals surface area contributed by atoms with Crippen molar-refractivity contribution in [1.82, 2.24) is 9.78 Å². The van der Waals surface area contributed by atoms with E-state index in [0.29, 0.717) is 33.7 Å². The van der Waals surface area contributed by atoms with Crippen molar-refractivity contribution in [3.63, 3.8) is 0 Å². The van der Waals surface area contributed by atoms with Crippen LogP contribution < -0.4 is 20.1 Å². The van der Waals surface area contributed by atoms with E-state index in [4.69, 9.17) is 21.1 Å². The molecule has 0 saturated heterocycles. The van der Waals surface area contributed by atoms with Gasteiger partial charge in [0.1, 0.15) is 11.9 Å². The van der Waals surface area contributed by atoms with Crippen molar-refractivity contribution in [2.24, 2.45) is 0 Å². The highest BCUT2D eigenvalue weighted by Gasteiger charge is 2.34. The van der Waals surface area contributed by atoms with E-state index in [-0.39, 0.29) is 18.2 Å². The molecule has 31 heavy (non-hydrogen) atoms. The second-order valence-electron chi connectivity index (χ2n) is 7.10. The average Bonchev–Trinajstić information content (AvgIpc) is 3.09. The molecule has 0 saturated carbocycles. The fourth-order valence-corrected chi connectivity index (χ4v) is 3.78. The first-order valence-electron chi connectivity index (χ1n) is 9.59. The molecule has 1 atom stereocenters. The Morgan fingerprint density at radius 3 is 2.68 bits per heavy atom. The number of hydrogen-bond acceptors (Lipinski definition) is 5. The average molecular weight is 441 g/mol. The molecule has 8 nitrogen and oxygen atoms in total. The molecule has 3 aromatic rings. The molecule has 2 heterocycles. The number of carbonyl (C=O) groups is 2. The van der Waals surface area contributed by atoms with E-state index in [1.165, 1.54) is 14.2 Å². The van der Waals surface area contributed by atoms with E-state index in [0.717, 1.165) is 11.1 Å². The number of amides is 2. The molecule has 0 unspecified atom stereocenters. The van der Waals surface area contributed by atoms with Gasteiger partial charge >= 0.3 is 0 Å². The molecule has 9 heteroatoms. The Labute approximate surface area is 184 Å². The van der Waals surface area contributed by atoms with Crippen molar-refractivity contribution in [2.75, 3.05) is 24.9 Å². The number of ether oxygens (including phenoxy) is 2. The maximum atomic E-state index is 13.1. The van der Waals surface area contributed by atoms with Crippen molar-refractivity contribution >= 4 is 34.9 Å². The number of methoxy groups -OCH3 is 2. The zero-order valence-electron chi connectivity index (χ0n) is 17.2. The Morgan fingerprint density at radius 1 is 1.19 bits per heavy atom. The van der Waals surface area contributed by atoms with Crippen LogP contribution in [0.25, 0.3) is 11.3 Å². The van der Waals surface area contributed by atoms with Crippen molar-refractivity contribution in [3.05, 3.63) is 53.1 Å². The van der Waals surface area contributed by atoms with Gasteiger partial charge in [0.15, 0.2) is 11.5 Å². The summed E-state index contributed by atoms with van der Waals surface area (Å²) in [5.74, 6) is 0.928. The Balaban J connectivity index is 1.67. The molecule has 4 rings (SSSR count). The van der Waals surface area contributed by atoms with Crippen LogP contribution >= 0.6 is 11.6 Å². The van der Waals surface area contributed by atoms with Gasteiger partial charge in [0.05, 0.1) is 26.3 Å². The third kappa shape index (κ3) is 3.94. The van der Waals surface area contributed by atoms with E-state index in [2.05, 4.69) is 15.7 Å². The number of nitrogens with zero attached hydrogens (tertiary/aromatic N) is 2. The molecular formula is C22H21ClN4O4. The van der Waals surface area contributed by atoms with E-state index >= 15 is 0 Å². The SMILES string of the molecule is COc1ccc(NC(=O)[C@@H]2CC(=O)Nc3c(C)c(-c4cccc(Cl)c4)nn32)cc1OC. The van der Waals surface area contributed by atoms with Gasteiger partial charge in [-0.15, -0.1) is 0 Å². The summed E-state index contributed by atoms with van der Waals surface area (Å²) in [4.78, 5) is 25.4. The molecule has 0 bridgehead atoms. The number of nitrogens with one attached hydrogen (secondary N) is 2. The number of hydrogen-bond donors (Lipinski definition) is 2. The number of anilines is 2. The van der Waals surface area contributed by atoms with Crippen molar-refractivity contribution < 1.29 is 19.1 Å². The lowest BCUT2D eigenvalue weighted by atomic mass is 10.1. The summed E-state index contributed by atoms with van der Waals surface area (Å²) in [7, 11) is 3.06. The predicted octanol–water partition coefficient (Wildman–Crippen LogP) is 4.05. The number of aromatic nitrogens is 2. The Kier molecular flexibility index (Phi) is 5.56. The van der Waals surface area contributed by atoms with Gasteiger partial charge in [0, 0.05) is 27.9 Å². The van der Waals surface area contributed by atoms with Crippen molar-refractivity contribution in [3.8, 4) is 22.8 Å². The monoisotopic (exact) mass is 440 g/mol. The van der Waals surface area contributed by atoms with Crippen LogP contribution in [0.15, 0.2) is 42.5 Å². The van der Waals surface area contributed by atoms with Gasteiger partial charge in [-0.2, -0.15) is 5.10 Å². The van der Waals surface area contributed by atoms with Crippen molar-refractivity contribution in [1.29, 1.82) is 0 Å². The second-order valence-corrected chi connectivity index (χ2v) is 7.54. The molecule has 0 radical (unpaired) electrons. The fourth-order valence-electron chi connectivity index (χ4n) is 3.59. The lowest BCUT2D eigenvalue weighted by molar-refractivity contribution is -0.125. The molecule has 2 amide bonds. The van der Waals surface area contributed by atoms with Gasteiger partial charge in [-0.25, -0.2) is 4.68 Å². The summed E-state index contributed by atoms with van der Waals surface area (Å²) in [5.41, 5.74) is 2.75. The molecule has 0 aliphatic carbocycles. The molecule has 2 aromatic carbocycles. The van der Waals surface area contributed by atoms with Crippen LogP contribution in [0.2, 0.25) is 5.02 Å². The zero-order chi connectivity index (χ0) is 22.1. The third-order valence-electron chi connectivity index (χ3n) is 5.13. The summed E-state index contributed by atoms with van der Waals surface area (Å²) in [6.07, 6.45) is -0.0256. The lowest BCUT2D eigenvalue weighted by Gasteiger charge is -2.24. The van der Waals surface area contributed by atoms with Crippen LogP contribution in [0, 0.1) is 6.92 Å². The van der Waals surface area contributed by atoms with Crippen LogP contribution in [0.4, 0.5) is 11.5 Å². The summed E-state index contributed by atoms with van der Waals surface area (Å²) in [5, 5.41) is 10.9. The standard InChI is InChI=1S/C22H21ClN4O4/c1-12-20(13-5-4-6-14(23)9-13)26-27-16(11-19(28)25-21(12)27)22(29)24-15-7-8-17(30-2)18(10-15)31-3/h4-10,16H,11H2,1-3H3,(H,24,29)(H,25,28)/t16-/m0/s1. The number of rotatable bonds is 5. The van der Waals surface area contributed by atoms with Crippen LogP contribution in [0.3, 0.4) is 0 Å². The summed E-state index contributed by atoms with van der Waals surface area (Å²) >= 11 is 6.13. The van der Waals surface area contributed by atoms with E-state index < -0.39 is 6.04 Å². The molecule has 0 spiro atoms.